The van der Waals surface area contributed by atoms with Crippen molar-refractivity contribution in [3.8, 4) is 17.2 Å². The molecule has 3 rings (SSSR count). The largest absolute Gasteiger partial charge is 0.493 e. The predicted octanol–water partition coefficient (Wildman–Crippen LogP) is 3.55. The van der Waals surface area contributed by atoms with Crippen molar-refractivity contribution in [2.45, 2.75) is 32.9 Å². The summed E-state index contributed by atoms with van der Waals surface area (Å²) in [5.74, 6) is 1.87. The summed E-state index contributed by atoms with van der Waals surface area (Å²) < 4.78 is 16.2. The molecule has 1 aliphatic heterocycles. The number of carbonyl (C=O) groups is 1. The second kappa shape index (κ2) is 10.3. The molecular weight excluding hydrogens is 380 g/mol. The van der Waals surface area contributed by atoms with Gasteiger partial charge >= 0.3 is 0 Å². The van der Waals surface area contributed by atoms with Gasteiger partial charge in [-0.2, -0.15) is 0 Å². The molecule has 2 aromatic carbocycles. The van der Waals surface area contributed by atoms with Gasteiger partial charge in [0.25, 0.3) is 0 Å². The molecule has 1 amide bonds. The van der Waals surface area contributed by atoms with Crippen molar-refractivity contribution >= 4 is 5.91 Å². The molecule has 1 N–H and O–H groups in total. The Kier molecular flexibility index (Phi) is 7.57. The first kappa shape index (κ1) is 22.0. The average molecular weight is 413 g/mol. The number of likely N-dealkylation sites (tertiary alicyclic amines) is 1. The van der Waals surface area contributed by atoms with Gasteiger partial charge in [0, 0.05) is 24.6 Å². The fraction of sp³-hybridized carbons (Fsp3) is 0.458. The Morgan fingerprint density at radius 2 is 1.67 bits per heavy atom. The van der Waals surface area contributed by atoms with E-state index < -0.39 is 0 Å². The van der Waals surface area contributed by atoms with E-state index in [9.17, 15) is 4.79 Å². The standard InChI is InChI=1S/C24H32N2O4/c1-17-7-5-6-8-20(17)16-26-13-11-18(12-14-26)24(27)25-15-19-9-10-21(28-2)23(30-4)22(19)29-3/h5-10,18H,11-16H2,1-4H3,(H,25,27). The summed E-state index contributed by atoms with van der Waals surface area (Å²) in [5.41, 5.74) is 3.54. The second-order valence-corrected chi connectivity index (χ2v) is 7.69. The van der Waals surface area contributed by atoms with Crippen LogP contribution in [0.1, 0.15) is 29.5 Å². The molecule has 1 aliphatic rings. The van der Waals surface area contributed by atoms with E-state index in [-0.39, 0.29) is 11.8 Å². The minimum absolute atomic E-state index is 0.0456. The highest BCUT2D eigenvalue weighted by Crippen LogP contribution is 2.39. The minimum Gasteiger partial charge on any atom is -0.493 e. The lowest BCUT2D eigenvalue weighted by atomic mass is 9.95. The first-order chi connectivity index (χ1) is 14.6. The van der Waals surface area contributed by atoms with Gasteiger partial charge in [-0.25, -0.2) is 0 Å². The molecule has 0 aromatic heterocycles. The van der Waals surface area contributed by atoms with Gasteiger partial charge in [0.15, 0.2) is 11.5 Å². The van der Waals surface area contributed by atoms with Crippen molar-refractivity contribution in [2.24, 2.45) is 5.92 Å². The number of rotatable bonds is 8. The van der Waals surface area contributed by atoms with E-state index in [1.165, 1.54) is 11.1 Å². The van der Waals surface area contributed by atoms with Crippen LogP contribution in [0.2, 0.25) is 0 Å². The number of amides is 1. The molecule has 2 aromatic rings. The lowest BCUT2D eigenvalue weighted by molar-refractivity contribution is -0.126. The van der Waals surface area contributed by atoms with E-state index in [4.69, 9.17) is 14.2 Å². The maximum atomic E-state index is 12.7. The van der Waals surface area contributed by atoms with E-state index >= 15 is 0 Å². The minimum atomic E-state index is 0.0456. The van der Waals surface area contributed by atoms with Crippen molar-refractivity contribution in [1.29, 1.82) is 0 Å². The molecule has 162 valence electrons. The number of ether oxygens (including phenoxy) is 3. The molecule has 0 unspecified atom stereocenters. The van der Waals surface area contributed by atoms with Crippen molar-refractivity contribution in [3.05, 3.63) is 53.1 Å². The summed E-state index contributed by atoms with van der Waals surface area (Å²) in [6.45, 7) is 5.37. The number of piperidine rings is 1. The smallest absolute Gasteiger partial charge is 0.223 e. The zero-order valence-corrected chi connectivity index (χ0v) is 18.4. The Balaban J connectivity index is 1.54. The highest BCUT2D eigenvalue weighted by Gasteiger charge is 2.25. The van der Waals surface area contributed by atoms with Crippen LogP contribution in [-0.4, -0.2) is 45.2 Å². The van der Waals surface area contributed by atoms with Crippen LogP contribution in [0.4, 0.5) is 0 Å². The van der Waals surface area contributed by atoms with E-state index in [1.807, 2.05) is 12.1 Å². The fourth-order valence-electron chi connectivity index (χ4n) is 4.01. The summed E-state index contributed by atoms with van der Waals surface area (Å²) in [6.07, 6.45) is 1.75. The second-order valence-electron chi connectivity index (χ2n) is 7.69. The van der Waals surface area contributed by atoms with E-state index in [0.29, 0.717) is 23.8 Å². The number of aryl methyl sites for hydroxylation is 1. The third-order valence-corrected chi connectivity index (χ3v) is 5.85. The first-order valence-electron chi connectivity index (χ1n) is 10.4. The molecule has 6 heteroatoms. The number of nitrogens with zero attached hydrogens (tertiary/aromatic N) is 1. The molecule has 0 spiro atoms. The molecule has 1 saturated heterocycles. The summed E-state index contributed by atoms with van der Waals surface area (Å²) in [4.78, 5) is 15.2. The Hall–Kier alpha value is -2.73. The SMILES string of the molecule is COc1ccc(CNC(=O)C2CCN(Cc3ccccc3C)CC2)c(OC)c1OC. The highest BCUT2D eigenvalue weighted by atomic mass is 16.5. The van der Waals surface area contributed by atoms with Gasteiger partial charge in [0.1, 0.15) is 0 Å². The number of hydrogen-bond acceptors (Lipinski definition) is 5. The first-order valence-corrected chi connectivity index (χ1v) is 10.4. The number of nitrogens with one attached hydrogen (secondary N) is 1. The van der Waals surface area contributed by atoms with Gasteiger partial charge < -0.3 is 19.5 Å². The molecule has 6 nitrogen and oxygen atoms in total. The molecule has 0 atom stereocenters. The van der Waals surface area contributed by atoms with Crippen molar-refractivity contribution < 1.29 is 19.0 Å². The summed E-state index contributed by atoms with van der Waals surface area (Å²) in [6, 6.07) is 12.2. The van der Waals surface area contributed by atoms with Gasteiger partial charge in [0.05, 0.1) is 21.3 Å². The van der Waals surface area contributed by atoms with Crippen LogP contribution in [0, 0.1) is 12.8 Å². The highest BCUT2D eigenvalue weighted by molar-refractivity contribution is 5.79. The maximum Gasteiger partial charge on any atom is 0.223 e. The van der Waals surface area contributed by atoms with Gasteiger partial charge in [0.2, 0.25) is 11.7 Å². The van der Waals surface area contributed by atoms with Crippen LogP contribution in [0.5, 0.6) is 17.2 Å². The van der Waals surface area contributed by atoms with E-state index in [2.05, 4.69) is 41.4 Å². The quantitative estimate of drug-likeness (QED) is 0.719. The normalized spacial score (nSPS) is 14.9. The third kappa shape index (κ3) is 5.05. The zero-order valence-electron chi connectivity index (χ0n) is 18.4. The molecule has 0 radical (unpaired) electrons. The Morgan fingerprint density at radius 3 is 2.30 bits per heavy atom. The lowest BCUT2D eigenvalue weighted by Crippen LogP contribution is -2.40. The van der Waals surface area contributed by atoms with Crippen molar-refractivity contribution in [3.63, 3.8) is 0 Å². The van der Waals surface area contributed by atoms with Crippen LogP contribution in [0.3, 0.4) is 0 Å². The number of hydrogen-bond donors (Lipinski definition) is 1. The monoisotopic (exact) mass is 412 g/mol. The molecule has 0 bridgehead atoms. The van der Waals surface area contributed by atoms with Crippen LogP contribution in [0.15, 0.2) is 36.4 Å². The van der Waals surface area contributed by atoms with Crippen LogP contribution < -0.4 is 19.5 Å². The zero-order chi connectivity index (χ0) is 21.5. The number of methoxy groups -OCH3 is 3. The molecule has 1 heterocycles. The van der Waals surface area contributed by atoms with Crippen molar-refractivity contribution in [2.75, 3.05) is 34.4 Å². The molecule has 1 fully saturated rings. The molecule has 30 heavy (non-hydrogen) atoms. The molecular formula is C24H32N2O4. The molecule has 0 saturated carbocycles. The van der Waals surface area contributed by atoms with Crippen LogP contribution >= 0.6 is 0 Å². The Labute approximate surface area is 179 Å². The van der Waals surface area contributed by atoms with Gasteiger partial charge in [-0.15, -0.1) is 0 Å². The van der Waals surface area contributed by atoms with Gasteiger partial charge in [-0.05, 0) is 56.1 Å². The Morgan fingerprint density at radius 1 is 0.967 bits per heavy atom. The summed E-state index contributed by atoms with van der Waals surface area (Å²) >= 11 is 0. The van der Waals surface area contributed by atoms with E-state index in [1.54, 1.807) is 21.3 Å². The van der Waals surface area contributed by atoms with Gasteiger partial charge in [-0.1, -0.05) is 24.3 Å². The average Bonchev–Trinajstić information content (AvgIpc) is 2.78. The lowest BCUT2D eigenvalue weighted by Gasteiger charge is -2.31. The molecule has 0 aliphatic carbocycles. The van der Waals surface area contributed by atoms with Crippen LogP contribution in [-0.2, 0) is 17.9 Å². The van der Waals surface area contributed by atoms with E-state index in [0.717, 1.165) is 38.0 Å². The topological polar surface area (TPSA) is 60.0 Å². The Bertz CT molecular complexity index is 860. The fourth-order valence-corrected chi connectivity index (χ4v) is 4.01. The van der Waals surface area contributed by atoms with Crippen LogP contribution in [0.25, 0.3) is 0 Å². The predicted molar refractivity (Wildman–Crippen MR) is 117 cm³/mol. The maximum absolute atomic E-state index is 12.7. The summed E-state index contributed by atoms with van der Waals surface area (Å²) in [7, 11) is 4.75. The van der Waals surface area contributed by atoms with Crippen molar-refractivity contribution in [1.82, 2.24) is 10.2 Å². The number of benzene rings is 2. The number of carbonyl (C=O) groups excluding carboxylic acids is 1. The van der Waals surface area contributed by atoms with Gasteiger partial charge in [-0.3, -0.25) is 9.69 Å². The third-order valence-electron chi connectivity index (χ3n) is 5.85. The summed E-state index contributed by atoms with van der Waals surface area (Å²) in [5, 5.41) is 3.07.